The summed E-state index contributed by atoms with van der Waals surface area (Å²) in [6, 6.07) is 9.10. The third-order valence-electron chi connectivity index (χ3n) is 9.15. The largest absolute Gasteiger partial charge is 0.459 e. The molecule has 1 fully saturated rings. The molecule has 6 atom stereocenters. The van der Waals surface area contributed by atoms with Gasteiger partial charge in [0.05, 0.1) is 17.2 Å². The first-order valence-electron chi connectivity index (χ1n) is 16.0. The molecule has 250 valence electrons. The van der Waals surface area contributed by atoms with Crippen molar-refractivity contribution in [3.05, 3.63) is 81.4 Å². The Bertz CT molecular complexity index is 1520. The second-order valence-electron chi connectivity index (χ2n) is 15.2. The quantitative estimate of drug-likeness (QED) is 0.170. The number of carbonyl (C=O) groups is 1. The summed E-state index contributed by atoms with van der Waals surface area (Å²) in [6.07, 6.45) is 6.70. The molecule has 2 aromatic rings. The van der Waals surface area contributed by atoms with Gasteiger partial charge in [-0.05, 0) is 88.7 Å². The van der Waals surface area contributed by atoms with Crippen LogP contribution >= 0.6 is 23.2 Å². The van der Waals surface area contributed by atoms with E-state index in [1.54, 1.807) is 26.8 Å². The molecular weight excluding hydrogens is 645 g/mol. The van der Waals surface area contributed by atoms with Crippen molar-refractivity contribution in [3.63, 3.8) is 0 Å². The standard InChI is InChI=1S/C36H46Cl2F2N2O3Si/c1-33(2,3)32(45-46(7)8)35(17-10-9-11-18-35)20-27-36(21-41,24-16-15-22(37)19-26(24)39)28(23-13-12-14-25(38)29(23)40)30(42-27)31(43)44-34(4,5)6/h9-10,12-16,19,27-28,30,32,42,46H,11,17-18,20H2,1-8H3/t27-,28-,30+,32?,35?,36-/m0/s1. The number of benzene rings is 2. The molecule has 0 saturated carbocycles. The van der Waals surface area contributed by atoms with Gasteiger partial charge < -0.3 is 9.16 Å². The minimum atomic E-state index is -1.77. The van der Waals surface area contributed by atoms with Crippen LogP contribution in [0.15, 0.2) is 48.6 Å². The minimum absolute atomic E-state index is 0.0281. The van der Waals surface area contributed by atoms with E-state index in [0.29, 0.717) is 12.8 Å². The summed E-state index contributed by atoms with van der Waals surface area (Å²) in [5, 5.41) is 14.8. The van der Waals surface area contributed by atoms with Gasteiger partial charge >= 0.3 is 5.97 Å². The van der Waals surface area contributed by atoms with Crippen molar-refractivity contribution in [2.75, 3.05) is 0 Å². The van der Waals surface area contributed by atoms with Gasteiger partial charge in [-0.1, -0.05) is 74.3 Å². The molecule has 2 unspecified atom stereocenters. The lowest BCUT2D eigenvalue weighted by Gasteiger charge is -2.51. The van der Waals surface area contributed by atoms with Gasteiger partial charge in [0.1, 0.15) is 28.7 Å². The van der Waals surface area contributed by atoms with Crippen LogP contribution in [0.3, 0.4) is 0 Å². The van der Waals surface area contributed by atoms with Gasteiger partial charge in [-0.25, -0.2) is 8.78 Å². The average molecular weight is 692 g/mol. The number of rotatable bonds is 8. The van der Waals surface area contributed by atoms with E-state index in [1.807, 2.05) is 0 Å². The lowest BCUT2D eigenvalue weighted by molar-refractivity contribution is -0.157. The smallest absolute Gasteiger partial charge is 0.324 e. The number of ether oxygens (including phenoxy) is 1. The Morgan fingerprint density at radius 2 is 1.83 bits per heavy atom. The first-order chi connectivity index (χ1) is 21.4. The summed E-state index contributed by atoms with van der Waals surface area (Å²) >= 11 is 12.5. The van der Waals surface area contributed by atoms with Crippen LogP contribution in [0.4, 0.5) is 8.78 Å². The van der Waals surface area contributed by atoms with E-state index >= 15 is 8.78 Å². The Hall–Kier alpha value is -2.28. The van der Waals surface area contributed by atoms with Crippen molar-refractivity contribution in [1.82, 2.24) is 5.32 Å². The first kappa shape index (κ1) is 36.6. The van der Waals surface area contributed by atoms with E-state index in [1.165, 1.54) is 24.3 Å². The van der Waals surface area contributed by atoms with Crippen molar-refractivity contribution < 1.29 is 22.7 Å². The minimum Gasteiger partial charge on any atom is -0.459 e. The van der Waals surface area contributed by atoms with Crippen LogP contribution in [0.25, 0.3) is 0 Å². The molecule has 5 nitrogen and oxygen atoms in total. The molecule has 2 aliphatic rings. The zero-order valence-corrected chi connectivity index (χ0v) is 30.7. The van der Waals surface area contributed by atoms with Crippen LogP contribution in [-0.2, 0) is 19.4 Å². The summed E-state index contributed by atoms with van der Waals surface area (Å²) in [6.45, 7) is 16.0. The van der Waals surface area contributed by atoms with E-state index in [-0.39, 0.29) is 32.7 Å². The summed E-state index contributed by atoms with van der Waals surface area (Å²) < 4.78 is 45.1. The predicted octanol–water partition coefficient (Wildman–Crippen LogP) is 9.03. The van der Waals surface area contributed by atoms with Crippen LogP contribution in [0.2, 0.25) is 23.1 Å². The van der Waals surface area contributed by atoms with Crippen LogP contribution < -0.4 is 5.32 Å². The molecule has 1 aliphatic carbocycles. The number of nitrogens with zero attached hydrogens (tertiary/aromatic N) is 1. The van der Waals surface area contributed by atoms with Gasteiger partial charge in [0, 0.05) is 28.0 Å². The van der Waals surface area contributed by atoms with E-state index in [2.05, 4.69) is 57.4 Å². The normalized spacial score (nSPS) is 27.4. The summed E-state index contributed by atoms with van der Waals surface area (Å²) in [5.74, 6) is -3.34. The first-order valence-corrected chi connectivity index (χ1v) is 19.5. The maximum Gasteiger partial charge on any atom is 0.324 e. The molecule has 2 aromatic carbocycles. The van der Waals surface area contributed by atoms with Crippen molar-refractivity contribution >= 4 is 38.2 Å². The van der Waals surface area contributed by atoms with E-state index in [0.717, 1.165) is 18.9 Å². The molecule has 0 aromatic heterocycles. The number of hydrogen-bond acceptors (Lipinski definition) is 5. The van der Waals surface area contributed by atoms with Crippen molar-refractivity contribution in [2.45, 2.75) is 115 Å². The maximum atomic E-state index is 16.2. The number of halogens is 4. The lowest BCUT2D eigenvalue weighted by atomic mass is 9.57. The molecule has 1 saturated heterocycles. The number of carbonyl (C=O) groups excluding carboxylic acids is 1. The van der Waals surface area contributed by atoms with Crippen LogP contribution in [-0.4, -0.2) is 38.8 Å². The summed E-state index contributed by atoms with van der Waals surface area (Å²) in [7, 11) is -1.55. The highest BCUT2D eigenvalue weighted by Crippen LogP contribution is 2.56. The zero-order valence-electron chi connectivity index (χ0n) is 28.0. The molecule has 0 bridgehead atoms. The molecule has 0 spiro atoms. The van der Waals surface area contributed by atoms with Crippen LogP contribution in [0, 0.1) is 33.8 Å². The number of hydrogen-bond donors (Lipinski definition) is 1. The van der Waals surface area contributed by atoms with Crippen molar-refractivity contribution in [2.24, 2.45) is 10.8 Å². The van der Waals surface area contributed by atoms with Gasteiger partial charge in [-0.3, -0.25) is 10.1 Å². The highest BCUT2D eigenvalue weighted by Gasteiger charge is 2.63. The third-order valence-corrected chi connectivity index (χ3v) is 10.5. The van der Waals surface area contributed by atoms with Crippen molar-refractivity contribution in [3.8, 4) is 6.07 Å². The topological polar surface area (TPSA) is 71.3 Å². The molecule has 1 heterocycles. The van der Waals surface area contributed by atoms with Gasteiger partial charge in [0.2, 0.25) is 0 Å². The maximum absolute atomic E-state index is 16.2. The molecule has 10 heteroatoms. The Labute approximate surface area is 284 Å². The number of nitrogens with one attached hydrogen (secondary N) is 1. The molecule has 46 heavy (non-hydrogen) atoms. The molecule has 1 N–H and O–H groups in total. The van der Waals surface area contributed by atoms with E-state index in [9.17, 15) is 10.1 Å². The monoisotopic (exact) mass is 690 g/mol. The molecule has 4 rings (SSSR count). The fourth-order valence-corrected chi connectivity index (χ4v) is 9.25. The second-order valence-corrected chi connectivity index (χ2v) is 18.4. The van der Waals surface area contributed by atoms with Crippen LogP contribution in [0.1, 0.15) is 84.3 Å². The van der Waals surface area contributed by atoms with Gasteiger partial charge in [0.25, 0.3) is 0 Å². The van der Waals surface area contributed by atoms with Gasteiger partial charge in [-0.2, -0.15) is 5.26 Å². The predicted molar refractivity (Wildman–Crippen MR) is 183 cm³/mol. The lowest BCUT2D eigenvalue weighted by Crippen LogP contribution is -2.53. The SMILES string of the molecule is C[SiH](C)OC(C(C)(C)C)C1(C[C@@H]2N[C@@H](C(=O)OC(C)(C)C)[C@H](c3cccc(Cl)c3F)[C@@]2(C#N)c2ccc(Cl)cc2F)CC=CCC1. The summed E-state index contributed by atoms with van der Waals surface area (Å²) in [5.41, 5.74) is -3.34. The fraction of sp³-hybridized carbons (Fsp3) is 0.556. The summed E-state index contributed by atoms with van der Waals surface area (Å²) in [4.78, 5) is 14.1. The number of esters is 1. The Morgan fingerprint density at radius 1 is 1.13 bits per heavy atom. The van der Waals surface area contributed by atoms with Crippen LogP contribution in [0.5, 0.6) is 0 Å². The van der Waals surface area contributed by atoms with E-state index in [4.69, 9.17) is 32.4 Å². The van der Waals surface area contributed by atoms with Gasteiger partial charge in [0.15, 0.2) is 9.04 Å². The molecule has 1 aliphatic heterocycles. The Kier molecular flexibility index (Phi) is 10.9. The third kappa shape index (κ3) is 7.24. The zero-order chi connectivity index (χ0) is 34.2. The highest BCUT2D eigenvalue weighted by molar-refractivity contribution is 6.48. The molecule has 0 radical (unpaired) electrons. The molecule has 0 amide bonds. The van der Waals surface area contributed by atoms with Gasteiger partial charge in [-0.15, -0.1) is 0 Å². The second kappa shape index (κ2) is 13.7. The Morgan fingerprint density at radius 3 is 2.37 bits per heavy atom. The number of nitriles is 1. The van der Waals surface area contributed by atoms with E-state index < -0.39 is 61.1 Å². The molecular formula is C36H46Cl2F2N2O3Si. The van der Waals surface area contributed by atoms with Crippen molar-refractivity contribution in [1.29, 1.82) is 5.26 Å². The Balaban J connectivity index is 2.04. The fourth-order valence-electron chi connectivity index (χ4n) is 7.67. The highest BCUT2D eigenvalue weighted by atomic mass is 35.5. The average Bonchev–Trinajstić information content (AvgIpc) is 3.26. The number of allylic oxidation sites excluding steroid dienone is 2.